The van der Waals surface area contributed by atoms with Crippen molar-refractivity contribution < 1.29 is 4.74 Å². The van der Waals surface area contributed by atoms with E-state index >= 15 is 0 Å². The van der Waals surface area contributed by atoms with E-state index < -0.39 is 0 Å². The van der Waals surface area contributed by atoms with Gasteiger partial charge in [0.15, 0.2) is 0 Å². The molecule has 1 aromatic rings. The molecule has 1 aromatic carbocycles. The number of benzene rings is 1. The molecule has 1 aliphatic heterocycles. The minimum Gasteiger partial charge on any atom is -0.496 e. The summed E-state index contributed by atoms with van der Waals surface area (Å²) in [4.78, 5) is 2.46. The van der Waals surface area contributed by atoms with Crippen molar-refractivity contribution in [3.05, 3.63) is 23.8 Å². The number of nitrogens with two attached hydrogens (primary N) is 1. The molecule has 106 valence electrons. The van der Waals surface area contributed by atoms with Crippen molar-refractivity contribution in [1.82, 2.24) is 0 Å². The molecule has 2 rings (SSSR count). The molecular formula is C15H24N2OS. The highest BCUT2D eigenvalue weighted by molar-refractivity contribution is 8.00. The fraction of sp³-hybridized carbons (Fsp3) is 0.600. The minimum absolute atomic E-state index is 0.0131. The fourth-order valence-corrected chi connectivity index (χ4v) is 3.81. The highest BCUT2D eigenvalue weighted by atomic mass is 32.2. The Balaban J connectivity index is 2.33. The van der Waals surface area contributed by atoms with Crippen molar-refractivity contribution in [2.24, 2.45) is 5.73 Å². The van der Waals surface area contributed by atoms with Crippen molar-refractivity contribution in [3.63, 3.8) is 0 Å². The summed E-state index contributed by atoms with van der Waals surface area (Å²) in [5.41, 5.74) is 8.53. The van der Waals surface area contributed by atoms with Gasteiger partial charge in [0, 0.05) is 41.4 Å². The average molecular weight is 280 g/mol. The number of rotatable bonds is 4. The van der Waals surface area contributed by atoms with Gasteiger partial charge in [-0.1, -0.05) is 13.0 Å². The van der Waals surface area contributed by atoms with Gasteiger partial charge >= 0.3 is 0 Å². The van der Waals surface area contributed by atoms with E-state index in [1.807, 2.05) is 13.0 Å². The van der Waals surface area contributed by atoms with Crippen LogP contribution in [-0.2, 0) is 0 Å². The van der Waals surface area contributed by atoms with Crippen LogP contribution in [0.2, 0.25) is 0 Å². The van der Waals surface area contributed by atoms with Crippen LogP contribution in [0.4, 0.5) is 5.69 Å². The van der Waals surface area contributed by atoms with Gasteiger partial charge in [-0.25, -0.2) is 0 Å². The van der Waals surface area contributed by atoms with Gasteiger partial charge in [-0.3, -0.25) is 0 Å². The van der Waals surface area contributed by atoms with Crippen molar-refractivity contribution >= 4 is 17.4 Å². The van der Waals surface area contributed by atoms with Gasteiger partial charge in [-0.2, -0.15) is 11.8 Å². The van der Waals surface area contributed by atoms with Crippen LogP contribution in [0.3, 0.4) is 0 Å². The van der Waals surface area contributed by atoms with Gasteiger partial charge in [0.25, 0.3) is 0 Å². The van der Waals surface area contributed by atoms with Crippen molar-refractivity contribution in [1.29, 1.82) is 0 Å². The molecule has 1 aliphatic rings. The van der Waals surface area contributed by atoms with Gasteiger partial charge in [0.2, 0.25) is 0 Å². The van der Waals surface area contributed by atoms with E-state index in [-0.39, 0.29) is 6.04 Å². The summed E-state index contributed by atoms with van der Waals surface area (Å²) in [6, 6.07) is 6.21. The Bertz CT molecular complexity index is 423. The molecule has 1 heterocycles. The third-order valence-electron chi connectivity index (χ3n) is 3.65. The second-order valence-corrected chi connectivity index (χ2v) is 6.44. The summed E-state index contributed by atoms with van der Waals surface area (Å²) in [5.74, 6) is 2.09. The van der Waals surface area contributed by atoms with Crippen LogP contribution in [-0.4, -0.2) is 31.2 Å². The Morgan fingerprint density at radius 2 is 2.32 bits per heavy atom. The maximum atomic E-state index is 6.15. The number of methoxy groups -OCH3 is 1. The lowest BCUT2D eigenvalue weighted by Gasteiger charge is -2.35. The quantitative estimate of drug-likeness (QED) is 0.920. The van der Waals surface area contributed by atoms with E-state index in [9.17, 15) is 0 Å². The maximum Gasteiger partial charge on any atom is 0.125 e. The lowest BCUT2D eigenvalue weighted by molar-refractivity contribution is 0.407. The smallest absolute Gasteiger partial charge is 0.125 e. The molecule has 0 saturated carbocycles. The molecule has 0 aromatic heterocycles. The Hall–Kier alpha value is -0.870. The van der Waals surface area contributed by atoms with Crippen LogP contribution in [0.25, 0.3) is 0 Å². The second kappa shape index (κ2) is 6.53. The first-order valence-electron chi connectivity index (χ1n) is 6.96. The van der Waals surface area contributed by atoms with Gasteiger partial charge in [0.05, 0.1) is 7.11 Å². The van der Waals surface area contributed by atoms with Crippen molar-refractivity contribution in [2.45, 2.75) is 31.6 Å². The van der Waals surface area contributed by atoms with Crippen LogP contribution in [0.5, 0.6) is 5.75 Å². The van der Waals surface area contributed by atoms with E-state index in [0.717, 1.165) is 29.7 Å². The van der Waals surface area contributed by atoms with E-state index in [1.54, 1.807) is 7.11 Å². The predicted molar refractivity (Wildman–Crippen MR) is 84.3 cm³/mol. The zero-order valence-corrected chi connectivity index (χ0v) is 12.9. The highest BCUT2D eigenvalue weighted by Crippen LogP contribution is 2.35. The first-order valence-corrected chi connectivity index (χ1v) is 8.01. The maximum absolute atomic E-state index is 6.15. The van der Waals surface area contributed by atoms with Crippen LogP contribution < -0.4 is 15.4 Å². The van der Waals surface area contributed by atoms with E-state index in [4.69, 9.17) is 10.5 Å². The zero-order valence-electron chi connectivity index (χ0n) is 12.1. The normalized spacial score (nSPS) is 21.3. The van der Waals surface area contributed by atoms with E-state index in [2.05, 4.69) is 35.7 Å². The molecule has 3 nitrogen and oxygen atoms in total. The second-order valence-electron chi connectivity index (χ2n) is 5.03. The molecule has 0 bridgehead atoms. The molecular weight excluding hydrogens is 256 g/mol. The minimum atomic E-state index is -0.0131. The molecule has 2 atom stereocenters. The van der Waals surface area contributed by atoms with Gasteiger partial charge < -0.3 is 15.4 Å². The number of hydrogen-bond acceptors (Lipinski definition) is 4. The molecule has 4 heteroatoms. The van der Waals surface area contributed by atoms with Crippen molar-refractivity contribution in [2.75, 3.05) is 30.9 Å². The highest BCUT2D eigenvalue weighted by Gasteiger charge is 2.23. The van der Waals surface area contributed by atoms with Gasteiger partial charge in [-0.05, 0) is 25.5 Å². The van der Waals surface area contributed by atoms with E-state index in [1.165, 1.54) is 17.9 Å². The number of hydrogen-bond donors (Lipinski definition) is 1. The number of thioether (sulfide) groups is 1. The molecule has 2 N–H and O–H groups in total. The fourth-order valence-electron chi connectivity index (χ4n) is 2.63. The Kier molecular flexibility index (Phi) is 4.99. The van der Waals surface area contributed by atoms with Crippen LogP contribution >= 0.6 is 11.8 Å². The van der Waals surface area contributed by atoms with Crippen LogP contribution in [0.15, 0.2) is 18.2 Å². The summed E-state index contributed by atoms with van der Waals surface area (Å²) in [7, 11) is 1.71. The molecule has 0 aliphatic carbocycles. The lowest BCUT2D eigenvalue weighted by Crippen LogP contribution is -2.38. The molecule has 1 saturated heterocycles. The summed E-state index contributed by atoms with van der Waals surface area (Å²) >= 11 is 2.08. The first-order chi connectivity index (χ1) is 9.17. The monoisotopic (exact) mass is 280 g/mol. The van der Waals surface area contributed by atoms with Crippen LogP contribution in [0.1, 0.15) is 31.9 Å². The van der Waals surface area contributed by atoms with Gasteiger partial charge in [-0.15, -0.1) is 0 Å². The number of anilines is 1. The molecule has 19 heavy (non-hydrogen) atoms. The number of nitrogens with zero attached hydrogens (tertiary/aromatic N) is 1. The van der Waals surface area contributed by atoms with Gasteiger partial charge in [0.1, 0.15) is 5.75 Å². The molecule has 2 unspecified atom stereocenters. The summed E-state index contributed by atoms with van der Waals surface area (Å²) in [5, 5.41) is 0.723. The molecule has 0 amide bonds. The average Bonchev–Trinajstić information content (AvgIpc) is 2.46. The Labute approximate surface area is 120 Å². The first kappa shape index (κ1) is 14.5. The zero-order chi connectivity index (χ0) is 13.8. The summed E-state index contributed by atoms with van der Waals surface area (Å²) in [6.07, 6.45) is 1.22. The summed E-state index contributed by atoms with van der Waals surface area (Å²) < 4.78 is 5.48. The topological polar surface area (TPSA) is 38.5 Å². The SMILES string of the molecule is CCC1CN(c2cccc(OC)c2C(C)N)CCS1. The largest absolute Gasteiger partial charge is 0.496 e. The van der Waals surface area contributed by atoms with E-state index in [0.29, 0.717) is 0 Å². The third-order valence-corrected chi connectivity index (χ3v) is 5.03. The predicted octanol–water partition coefficient (Wildman–Crippen LogP) is 3.05. The standard InChI is InChI=1S/C15H24N2OS/c1-4-12-10-17(8-9-19-12)13-6-5-7-14(18-3)15(13)11(2)16/h5-7,11-12H,4,8-10,16H2,1-3H3. The van der Waals surface area contributed by atoms with Crippen LogP contribution in [0, 0.1) is 0 Å². The third kappa shape index (κ3) is 3.18. The molecule has 1 fully saturated rings. The number of ether oxygens (including phenoxy) is 1. The Morgan fingerprint density at radius 3 is 2.95 bits per heavy atom. The summed E-state index contributed by atoms with van der Waals surface area (Å²) in [6.45, 7) is 6.48. The molecule has 0 radical (unpaired) electrons. The lowest BCUT2D eigenvalue weighted by atomic mass is 10.0. The Morgan fingerprint density at radius 1 is 1.53 bits per heavy atom. The van der Waals surface area contributed by atoms with Crippen molar-refractivity contribution in [3.8, 4) is 5.75 Å². The molecule has 0 spiro atoms.